The summed E-state index contributed by atoms with van der Waals surface area (Å²) in [7, 11) is 0. The van der Waals surface area contributed by atoms with Crippen molar-refractivity contribution in [2.45, 2.75) is 25.6 Å². The normalized spacial score (nSPS) is 12.3. The number of nitrogens with zero attached hydrogens (tertiary/aromatic N) is 1. The molecule has 1 rings (SSSR count). The van der Waals surface area contributed by atoms with Crippen molar-refractivity contribution in [1.29, 1.82) is 0 Å². The zero-order valence-corrected chi connectivity index (χ0v) is 11.0. The van der Waals surface area contributed by atoms with Crippen molar-refractivity contribution in [2.24, 2.45) is 0 Å². The summed E-state index contributed by atoms with van der Waals surface area (Å²) >= 11 is 4.35. The first-order valence-electron chi connectivity index (χ1n) is 4.35. The van der Waals surface area contributed by atoms with Crippen LogP contribution in [0.15, 0.2) is 0 Å². The second-order valence-corrected chi connectivity index (χ2v) is 5.47. The van der Waals surface area contributed by atoms with Crippen LogP contribution in [-0.4, -0.2) is 21.5 Å². The number of aryl methyl sites for hydroxylation is 1. The summed E-state index contributed by atoms with van der Waals surface area (Å²) in [6.45, 7) is 4.96. The van der Waals surface area contributed by atoms with Gasteiger partial charge >= 0.3 is 0 Å². The maximum atomic E-state index is 11.3. The predicted octanol–water partition coefficient (Wildman–Crippen LogP) is 2.38. The molecule has 1 heterocycles. The highest BCUT2D eigenvalue weighted by Crippen LogP contribution is 2.23. The Kier molecular flexibility index (Phi) is 3.98. The third kappa shape index (κ3) is 3.10. The lowest BCUT2D eigenvalue weighted by molar-refractivity contribution is -0.115. The maximum Gasteiger partial charge on any atom is 0.239 e. The number of carbonyl (C=O) groups excluding carboxylic acids is 2. The second-order valence-electron chi connectivity index (χ2n) is 3.09. The summed E-state index contributed by atoms with van der Waals surface area (Å²) in [5.41, 5.74) is 0.657. The number of hydrogen-bond acceptors (Lipinski definition) is 4. The molecule has 0 spiro atoms. The van der Waals surface area contributed by atoms with Crippen molar-refractivity contribution in [3.8, 4) is 0 Å². The molecule has 0 aromatic carbocycles. The standard InChI is InChI=1S/C9H11BrN2O2S/c1-4(10)8(14)12-9-11-5(2)7(15-9)6(3)13/h4H,1-3H3,(H,11,12,14). The molecule has 82 valence electrons. The van der Waals surface area contributed by atoms with Gasteiger partial charge in [0.05, 0.1) is 15.4 Å². The van der Waals surface area contributed by atoms with Gasteiger partial charge in [0.15, 0.2) is 10.9 Å². The fraction of sp³-hybridized carbons (Fsp3) is 0.444. The van der Waals surface area contributed by atoms with Crippen LogP contribution in [0, 0.1) is 6.92 Å². The Morgan fingerprint density at radius 2 is 2.13 bits per heavy atom. The van der Waals surface area contributed by atoms with Crippen molar-refractivity contribution in [3.05, 3.63) is 10.6 Å². The smallest absolute Gasteiger partial charge is 0.239 e. The van der Waals surface area contributed by atoms with E-state index >= 15 is 0 Å². The third-order valence-electron chi connectivity index (χ3n) is 1.71. The van der Waals surface area contributed by atoms with Gasteiger partial charge < -0.3 is 5.32 Å². The summed E-state index contributed by atoms with van der Waals surface area (Å²) in [6.07, 6.45) is 0. The highest BCUT2D eigenvalue weighted by atomic mass is 79.9. The molecule has 0 aliphatic carbocycles. The number of hydrogen-bond donors (Lipinski definition) is 1. The lowest BCUT2D eigenvalue weighted by atomic mass is 10.3. The molecule has 0 aliphatic heterocycles. The average molecular weight is 291 g/mol. The average Bonchev–Trinajstić information content (AvgIpc) is 2.46. The zero-order chi connectivity index (χ0) is 11.6. The van der Waals surface area contributed by atoms with Gasteiger partial charge in [-0.3, -0.25) is 9.59 Å². The molecule has 1 unspecified atom stereocenters. The molecule has 1 aromatic rings. The molecule has 0 saturated carbocycles. The number of nitrogens with one attached hydrogen (secondary N) is 1. The molecule has 0 fully saturated rings. The van der Waals surface area contributed by atoms with Crippen LogP contribution in [0.3, 0.4) is 0 Å². The van der Waals surface area contributed by atoms with Crippen LogP contribution in [0.5, 0.6) is 0 Å². The van der Waals surface area contributed by atoms with Crippen molar-refractivity contribution in [2.75, 3.05) is 5.32 Å². The van der Waals surface area contributed by atoms with Crippen LogP contribution in [0.25, 0.3) is 0 Å². The number of thiazole rings is 1. The summed E-state index contributed by atoms with van der Waals surface area (Å²) in [5.74, 6) is -0.198. The van der Waals surface area contributed by atoms with Gasteiger partial charge in [-0.25, -0.2) is 4.98 Å². The van der Waals surface area contributed by atoms with Gasteiger partial charge in [-0.15, -0.1) is 0 Å². The molecule has 4 nitrogen and oxygen atoms in total. The number of carbonyl (C=O) groups is 2. The third-order valence-corrected chi connectivity index (χ3v) is 3.30. The molecule has 0 aliphatic rings. The van der Waals surface area contributed by atoms with E-state index in [0.29, 0.717) is 15.7 Å². The van der Waals surface area contributed by atoms with Gasteiger partial charge in [0, 0.05) is 6.92 Å². The molecule has 1 atom stereocenters. The first-order chi connectivity index (χ1) is 6.91. The van der Waals surface area contributed by atoms with E-state index in [1.54, 1.807) is 13.8 Å². The van der Waals surface area contributed by atoms with Gasteiger partial charge in [-0.1, -0.05) is 27.3 Å². The van der Waals surface area contributed by atoms with Crippen LogP contribution >= 0.6 is 27.3 Å². The number of alkyl halides is 1. The van der Waals surface area contributed by atoms with E-state index in [1.807, 2.05) is 0 Å². The minimum Gasteiger partial charge on any atom is -0.301 e. The largest absolute Gasteiger partial charge is 0.301 e. The van der Waals surface area contributed by atoms with Crippen LogP contribution < -0.4 is 5.32 Å². The number of aromatic nitrogens is 1. The summed E-state index contributed by atoms with van der Waals surface area (Å²) < 4.78 is 0. The van der Waals surface area contributed by atoms with Crippen LogP contribution in [0.1, 0.15) is 29.2 Å². The minimum absolute atomic E-state index is 0.0302. The van der Waals surface area contributed by atoms with Gasteiger partial charge in [0.1, 0.15) is 0 Å². The Morgan fingerprint density at radius 1 is 1.53 bits per heavy atom. The minimum atomic E-state index is -0.275. The fourth-order valence-electron chi connectivity index (χ4n) is 0.981. The van der Waals surface area contributed by atoms with Gasteiger partial charge in [0.25, 0.3) is 0 Å². The first kappa shape index (κ1) is 12.3. The van der Waals surface area contributed by atoms with Crippen molar-refractivity contribution in [3.63, 3.8) is 0 Å². The highest BCUT2D eigenvalue weighted by molar-refractivity contribution is 9.10. The number of ketones is 1. The summed E-state index contributed by atoms with van der Waals surface area (Å²) in [4.78, 5) is 26.9. The molecule has 0 saturated heterocycles. The number of Topliss-reactive ketones (excluding diaryl/α,β-unsaturated/α-hetero) is 1. The van der Waals surface area contributed by atoms with Gasteiger partial charge in [0.2, 0.25) is 5.91 Å². The Bertz CT molecular complexity index is 401. The quantitative estimate of drug-likeness (QED) is 0.687. The van der Waals surface area contributed by atoms with Crippen molar-refractivity contribution < 1.29 is 9.59 Å². The molecule has 1 aromatic heterocycles. The van der Waals surface area contributed by atoms with Crippen LogP contribution in [-0.2, 0) is 4.79 Å². The first-order valence-corrected chi connectivity index (χ1v) is 6.08. The Hall–Kier alpha value is -0.750. The van der Waals surface area contributed by atoms with Gasteiger partial charge in [-0.2, -0.15) is 0 Å². The van der Waals surface area contributed by atoms with Crippen LogP contribution in [0.4, 0.5) is 5.13 Å². The Balaban J connectivity index is 2.84. The predicted molar refractivity (Wildman–Crippen MR) is 63.9 cm³/mol. The zero-order valence-electron chi connectivity index (χ0n) is 8.63. The highest BCUT2D eigenvalue weighted by Gasteiger charge is 2.15. The number of halogens is 1. The summed E-state index contributed by atoms with van der Waals surface area (Å²) in [6, 6.07) is 0. The van der Waals surface area contributed by atoms with E-state index in [2.05, 4.69) is 26.2 Å². The molecule has 15 heavy (non-hydrogen) atoms. The molecular formula is C9H11BrN2O2S. The second kappa shape index (κ2) is 4.85. The number of rotatable bonds is 3. The topological polar surface area (TPSA) is 59.1 Å². The monoisotopic (exact) mass is 290 g/mol. The number of amides is 1. The van der Waals surface area contributed by atoms with E-state index < -0.39 is 0 Å². The van der Waals surface area contributed by atoms with E-state index in [0.717, 1.165) is 0 Å². The van der Waals surface area contributed by atoms with E-state index in [1.165, 1.54) is 18.3 Å². The van der Waals surface area contributed by atoms with E-state index in [4.69, 9.17) is 0 Å². The van der Waals surface area contributed by atoms with Crippen LogP contribution in [0.2, 0.25) is 0 Å². The van der Waals surface area contributed by atoms with Crippen molar-refractivity contribution in [1.82, 2.24) is 4.98 Å². The molecule has 0 bridgehead atoms. The molecule has 1 N–H and O–H groups in total. The van der Waals surface area contributed by atoms with E-state index in [-0.39, 0.29) is 16.5 Å². The molecule has 1 amide bonds. The lowest BCUT2D eigenvalue weighted by Crippen LogP contribution is -2.19. The SMILES string of the molecule is CC(=O)c1sc(NC(=O)C(C)Br)nc1C. The lowest BCUT2D eigenvalue weighted by Gasteiger charge is -2.01. The van der Waals surface area contributed by atoms with E-state index in [9.17, 15) is 9.59 Å². The molecule has 0 radical (unpaired) electrons. The Morgan fingerprint density at radius 3 is 2.53 bits per heavy atom. The Labute approximate surface area is 100 Å². The molecular weight excluding hydrogens is 280 g/mol. The maximum absolute atomic E-state index is 11.3. The number of anilines is 1. The van der Waals surface area contributed by atoms with Crippen molar-refractivity contribution >= 4 is 44.1 Å². The van der Waals surface area contributed by atoms with Gasteiger partial charge in [-0.05, 0) is 13.8 Å². The molecule has 6 heteroatoms. The summed E-state index contributed by atoms with van der Waals surface area (Å²) in [5, 5.41) is 3.09. The fourth-order valence-corrected chi connectivity index (χ4v) is 1.96.